The summed E-state index contributed by atoms with van der Waals surface area (Å²) in [4.78, 5) is 24.6. The molecule has 0 aliphatic heterocycles. The molecular weight excluding hydrogens is 899 g/mol. The second kappa shape index (κ2) is 63.1. The first kappa shape index (κ1) is 71.6. The molecule has 6 heteroatoms. The minimum atomic E-state index is -0.850. The van der Waals surface area contributed by atoms with Crippen LogP contribution >= 0.6 is 0 Å². The lowest BCUT2D eigenvalue weighted by molar-refractivity contribution is -0.143. The van der Waals surface area contributed by atoms with E-state index in [-0.39, 0.29) is 18.5 Å². The van der Waals surface area contributed by atoms with Gasteiger partial charge in [0.25, 0.3) is 0 Å². The molecule has 0 aromatic heterocycles. The van der Waals surface area contributed by atoms with Crippen LogP contribution in [0.5, 0.6) is 0 Å². The predicted octanol–water partition coefficient (Wildman–Crippen LogP) is 21.2. The van der Waals surface area contributed by atoms with Gasteiger partial charge in [-0.2, -0.15) is 0 Å². The highest BCUT2D eigenvalue weighted by Gasteiger charge is 2.18. The number of aliphatic hydroxyl groups excluding tert-OH is 2. The standard InChI is InChI=1S/C67H131NO5/c1-3-5-7-9-11-13-15-17-19-21-22-23-24-25-26-27-28-31-35-39-43-47-51-55-59-65(70)64(63-69)68-66(71)60-56-52-48-44-40-36-32-29-30-34-38-42-46-50-54-58-62-73-67(72)61-57-53-49-45-41-37-33-20-18-16-14-12-10-8-6-4-2/h55,59,64-65,69-70H,3-54,56-58,60-63H2,1-2H3,(H,68,71)/b59-55+. The van der Waals surface area contributed by atoms with Crippen molar-refractivity contribution < 1.29 is 24.5 Å². The van der Waals surface area contributed by atoms with Crippen LogP contribution in [0.4, 0.5) is 0 Å². The maximum Gasteiger partial charge on any atom is 0.305 e. The Kier molecular flexibility index (Phi) is 61.9. The van der Waals surface area contributed by atoms with Crippen LogP contribution in [0.2, 0.25) is 0 Å². The fraction of sp³-hybridized carbons (Fsp3) is 0.940. The lowest BCUT2D eigenvalue weighted by Gasteiger charge is -2.20. The second-order valence-corrected chi connectivity index (χ2v) is 23.2. The van der Waals surface area contributed by atoms with Gasteiger partial charge in [-0.1, -0.05) is 347 Å². The van der Waals surface area contributed by atoms with E-state index in [1.165, 1.54) is 308 Å². The van der Waals surface area contributed by atoms with Gasteiger partial charge < -0.3 is 20.3 Å². The molecule has 0 saturated heterocycles. The molecule has 0 aliphatic rings. The second-order valence-electron chi connectivity index (χ2n) is 23.2. The van der Waals surface area contributed by atoms with Crippen LogP contribution in [0.15, 0.2) is 12.2 Å². The van der Waals surface area contributed by atoms with Crippen molar-refractivity contribution in [2.45, 2.75) is 392 Å². The van der Waals surface area contributed by atoms with E-state index in [2.05, 4.69) is 19.2 Å². The number of hydrogen-bond acceptors (Lipinski definition) is 5. The molecule has 0 aromatic rings. The molecule has 0 fully saturated rings. The van der Waals surface area contributed by atoms with Crippen molar-refractivity contribution in [3.05, 3.63) is 12.2 Å². The van der Waals surface area contributed by atoms with Gasteiger partial charge in [0.15, 0.2) is 0 Å². The summed E-state index contributed by atoms with van der Waals surface area (Å²) in [7, 11) is 0. The summed E-state index contributed by atoms with van der Waals surface area (Å²) in [6.07, 6.45) is 76.9. The average Bonchev–Trinajstić information content (AvgIpc) is 3.39. The zero-order valence-corrected chi connectivity index (χ0v) is 49.6. The van der Waals surface area contributed by atoms with Gasteiger partial charge in [-0.3, -0.25) is 9.59 Å². The molecule has 0 aliphatic carbocycles. The summed E-state index contributed by atoms with van der Waals surface area (Å²) in [5.74, 6) is -0.0630. The number of rotatable bonds is 63. The van der Waals surface area contributed by atoms with Gasteiger partial charge in [-0.05, 0) is 32.1 Å². The van der Waals surface area contributed by atoms with Crippen LogP contribution in [-0.4, -0.2) is 47.4 Å². The zero-order valence-electron chi connectivity index (χ0n) is 49.6. The third-order valence-corrected chi connectivity index (χ3v) is 15.8. The van der Waals surface area contributed by atoms with E-state index in [9.17, 15) is 19.8 Å². The number of hydrogen-bond donors (Lipinski definition) is 3. The molecular formula is C67H131NO5. The Morgan fingerprint density at radius 3 is 0.932 bits per heavy atom. The van der Waals surface area contributed by atoms with Crippen molar-refractivity contribution in [2.75, 3.05) is 13.2 Å². The smallest absolute Gasteiger partial charge is 0.305 e. The third-order valence-electron chi connectivity index (χ3n) is 15.8. The van der Waals surface area contributed by atoms with Crippen molar-refractivity contribution in [1.29, 1.82) is 0 Å². The Morgan fingerprint density at radius 1 is 0.370 bits per heavy atom. The van der Waals surface area contributed by atoms with E-state index >= 15 is 0 Å². The molecule has 2 unspecified atom stereocenters. The number of allylic oxidation sites excluding steroid dienone is 1. The molecule has 6 nitrogen and oxygen atoms in total. The van der Waals surface area contributed by atoms with Gasteiger partial charge in [-0.15, -0.1) is 0 Å². The minimum absolute atomic E-state index is 0.00691. The molecule has 0 spiro atoms. The summed E-state index contributed by atoms with van der Waals surface area (Å²) >= 11 is 0. The van der Waals surface area contributed by atoms with Gasteiger partial charge >= 0.3 is 5.97 Å². The Bertz CT molecular complexity index is 1100. The average molecular weight is 1030 g/mol. The Hall–Kier alpha value is -1.40. The molecule has 0 heterocycles. The number of amides is 1. The van der Waals surface area contributed by atoms with Crippen LogP contribution in [0, 0.1) is 0 Å². The maximum absolute atomic E-state index is 12.5. The van der Waals surface area contributed by atoms with E-state index in [4.69, 9.17) is 4.74 Å². The fourth-order valence-electron chi connectivity index (χ4n) is 10.7. The first-order chi connectivity index (χ1) is 36.0. The Labute approximate surface area is 457 Å². The van der Waals surface area contributed by atoms with E-state index in [0.717, 1.165) is 44.9 Å². The molecule has 0 rings (SSSR count). The number of ether oxygens (including phenoxy) is 1. The summed E-state index contributed by atoms with van der Waals surface area (Å²) in [6, 6.07) is -0.634. The molecule has 0 saturated carbocycles. The summed E-state index contributed by atoms with van der Waals surface area (Å²) in [5, 5.41) is 23.2. The van der Waals surface area contributed by atoms with Crippen LogP contribution < -0.4 is 5.32 Å². The van der Waals surface area contributed by atoms with Crippen molar-refractivity contribution in [1.82, 2.24) is 5.32 Å². The van der Waals surface area contributed by atoms with E-state index in [1.54, 1.807) is 6.08 Å². The molecule has 3 N–H and O–H groups in total. The summed E-state index contributed by atoms with van der Waals surface area (Å²) < 4.78 is 5.49. The SMILES string of the molecule is CCCCCCCCCCCCCCCCCCCCCCCC/C=C/C(O)C(CO)NC(=O)CCCCCCCCCCCCCCCCCCOC(=O)CCCCCCCCCCCCCCCCCC. The molecule has 73 heavy (non-hydrogen) atoms. The molecule has 1 amide bonds. The molecule has 0 radical (unpaired) electrons. The van der Waals surface area contributed by atoms with Crippen LogP contribution in [0.1, 0.15) is 380 Å². The number of aliphatic hydroxyl groups is 2. The highest BCUT2D eigenvalue weighted by Crippen LogP contribution is 2.19. The van der Waals surface area contributed by atoms with Crippen molar-refractivity contribution in [3.8, 4) is 0 Å². The first-order valence-electron chi connectivity index (χ1n) is 33.5. The van der Waals surface area contributed by atoms with Crippen LogP contribution in [0.3, 0.4) is 0 Å². The number of unbranched alkanes of at least 4 members (excludes halogenated alkanes) is 52. The van der Waals surface area contributed by atoms with Crippen molar-refractivity contribution >= 4 is 11.9 Å². The third kappa shape index (κ3) is 59.7. The largest absolute Gasteiger partial charge is 0.466 e. The van der Waals surface area contributed by atoms with E-state index < -0.39 is 12.1 Å². The topological polar surface area (TPSA) is 95.9 Å². The lowest BCUT2D eigenvalue weighted by Crippen LogP contribution is -2.45. The van der Waals surface area contributed by atoms with Gasteiger partial charge in [-0.25, -0.2) is 0 Å². The number of carbonyl (C=O) groups excluding carboxylic acids is 2. The number of esters is 1. The maximum atomic E-state index is 12.5. The Balaban J connectivity index is 3.43. The monoisotopic (exact) mass is 1030 g/mol. The summed E-state index contributed by atoms with van der Waals surface area (Å²) in [6.45, 7) is 4.93. The van der Waals surface area contributed by atoms with Gasteiger partial charge in [0.2, 0.25) is 5.91 Å². The van der Waals surface area contributed by atoms with Crippen molar-refractivity contribution in [2.24, 2.45) is 0 Å². The van der Waals surface area contributed by atoms with E-state index in [0.29, 0.717) is 19.4 Å². The van der Waals surface area contributed by atoms with E-state index in [1.807, 2.05) is 6.08 Å². The fourth-order valence-corrected chi connectivity index (χ4v) is 10.7. The van der Waals surface area contributed by atoms with Crippen LogP contribution in [-0.2, 0) is 14.3 Å². The highest BCUT2D eigenvalue weighted by atomic mass is 16.5. The van der Waals surface area contributed by atoms with Crippen molar-refractivity contribution in [3.63, 3.8) is 0 Å². The number of nitrogens with one attached hydrogen (secondary N) is 1. The quantitative estimate of drug-likeness (QED) is 0.0320. The minimum Gasteiger partial charge on any atom is -0.466 e. The normalized spacial score (nSPS) is 12.5. The van der Waals surface area contributed by atoms with Gasteiger partial charge in [0.1, 0.15) is 0 Å². The summed E-state index contributed by atoms with van der Waals surface area (Å²) in [5.41, 5.74) is 0. The van der Waals surface area contributed by atoms with Gasteiger partial charge in [0.05, 0.1) is 25.4 Å². The molecule has 0 bridgehead atoms. The molecule has 2 atom stereocenters. The Morgan fingerprint density at radius 2 is 0.630 bits per heavy atom. The molecule has 0 aromatic carbocycles. The lowest BCUT2D eigenvalue weighted by atomic mass is 10.0. The van der Waals surface area contributed by atoms with Gasteiger partial charge in [0, 0.05) is 12.8 Å². The predicted molar refractivity (Wildman–Crippen MR) is 320 cm³/mol. The highest BCUT2D eigenvalue weighted by molar-refractivity contribution is 5.76. The molecule has 434 valence electrons. The zero-order chi connectivity index (χ0) is 52.9. The van der Waals surface area contributed by atoms with Crippen LogP contribution in [0.25, 0.3) is 0 Å². The number of carbonyl (C=O) groups is 2. The first-order valence-corrected chi connectivity index (χ1v) is 33.5.